The third-order valence-corrected chi connectivity index (χ3v) is 1.98. The molecule has 0 aliphatic rings. The Bertz CT molecular complexity index is 154. The van der Waals surface area contributed by atoms with Crippen LogP contribution in [0.5, 0.6) is 0 Å². The van der Waals surface area contributed by atoms with E-state index in [2.05, 4.69) is 43.6 Å². The summed E-state index contributed by atoms with van der Waals surface area (Å²) in [6.07, 6.45) is 6.18. The molecule has 0 aromatic carbocycles. The van der Waals surface area contributed by atoms with Gasteiger partial charge in [-0.25, -0.2) is 0 Å². The molecule has 1 rings (SSSR count). The Balaban J connectivity index is 0. The minimum Gasteiger partial charge on any atom is -0.333 e. The van der Waals surface area contributed by atoms with Gasteiger partial charge in [-0.3, -0.25) is 5.10 Å². The molecule has 0 spiro atoms. The lowest BCUT2D eigenvalue weighted by molar-refractivity contribution is 0.429. The molecule has 0 fully saturated rings. The number of hydrogen-bond donors (Lipinski definition) is 2. The zero-order valence-electron chi connectivity index (χ0n) is 10.8. The highest BCUT2D eigenvalue weighted by molar-refractivity contribution is 4.72. The standard InChI is InChI=1S/C8H18.C3H4N2.CH5N/c1-5-8(4)6-7(2)3;1-2-4-5-3-1;1-2/h7-8H,5-6H2,1-4H3;1-3H,(H,4,5);2H2,1H3. The smallest absolute Gasteiger partial charge is 0.0487 e. The summed E-state index contributed by atoms with van der Waals surface area (Å²) < 4.78 is 0. The largest absolute Gasteiger partial charge is 0.333 e. The Hall–Kier alpha value is -0.830. The summed E-state index contributed by atoms with van der Waals surface area (Å²) in [5.41, 5.74) is 4.50. The number of rotatable bonds is 3. The van der Waals surface area contributed by atoms with E-state index in [1.54, 1.807) is 12.4 Å². The first-order valence-corrected chi connectivity index (χ1v) is 5.68. The highest BCUT2D eigenvalue weighted by atomic mass is 15.1. The highest BCUT2D eigenvalue weighted by Crippen LogP contribution is 2.12. The van der Waals surface area contributed by atoms with Crippen LogP contribution in [0.25, 0.3) is 0 Å². The molecule has 3 N–H and O–H groups in total. The van der Waals surface area contributed by atoms with Gasteiger partial charge in [-0.1, -0.05) is 34.1 Å². The maximum absolute atomic E-state index is 4.50. The Labute approximate surface area is 94.5 Å². The topological polar surface area (TPSA) is 54.7 Å². The van der Waals surface area contributed by atoms with Gasteiger partial charge in [-0.15, -0.1) is 0 Å². The van der Waals surface area contributed by atoms with E-state index in [9.17, 15) is 0 Å². The van der Waals surface area contributed by atoms with Gasteiger partial charge < -0.3 is 5.73 Å². The van der Waals surface area contributed by atoms with Gasteiger partial charge in [0.15, 0.2) is 0 Å². The molecule has 0 saturated heterocycles. The summed E-state index contributed by atoms with van der Waals surface area (Å²) in [5, 5.41) is 6.21. The summed E-state index contributed by atoms with van der Waals surface area (Å²) in [6.45, 7) is 9.14. The van der Waals surface area contributed by atoms with E-state index in [0.29, 0.717) is 0 Å². The van der Waals surface area contributed by atoms with E-state index < -0.39 is 0 Å². The van der Waals surface area contributed by atoms with E-state index in [4.69, 9.17) is 0 Å². The molecule has 0 aliphatic heterocycles. The number of nitrogens with one attached hydrogen (secondary N) is 1. The second-order valence-electron chi connectivity index (χ2n) is 3.91. The van der Waals surface area contributed by atoms with Crippen molar-refractivity contribution in [1.82, 2.24) is 10.2 Å². The lowest BCUT2D eigenvalue weighted by Gasteiger charge is -2.09. The quantitative estimate of drug-likeness (QED) is 0.810. The first-order valence-electron chi connectivity index (χ1n) is 5.68. The highest BCUT2D eigenvalue weighted by Gasteiger charge is 2.00. The fourth-order valence-corrected chi connectivity index (χ4v) is 1.19. The number of nitrogens with zero attached hydrogens (tertiary/aromatic N) is 1. The molecule has 1 unspecified atom stereocenters. The fourth-order valence-electron chi connectivity index (χ4n) is 1.19. The monoisotopic (exact) mass is 213 g/mol. The van der Waals surface area contributed by atoms with Gasteiger partial charge in [0.25, 0.3) is 0 Å². The lowest BCUT2D eigenvalue weighted by atomic mass is 9.97. The molecule has 1 aromatic rings. The number of H-pyrrole nitrogens is 1. The van der Waals surface area contributed by atoms with Crippen LogP contribution in [0.15, 0.2) is 18.5 Å². The molecule has 90 valence electrons. The van der Waals surface area contributed by atoms with Crippen LogP contribution in [0.2, 0.25) is 0 Å². The second-order valence-corrected chi connectivity index (χ2v) is 3.91. The van der Waals surface area contributed by atoms with Crippen LogP contribution in [0.4, 0.5) is 0 Å². The van der Waals surface area contributed by atoms with E-state index >= 15 is 0 Å². The van der Waals surface area contributed by atoms with Gasteiger partial charge in [0.05, 0.1) is 0 Å². The van der Waals surface area contributed by atoms with Gasteiger partial charge in [0.2, 0.25) is 0 Å². The van der Waals surface area contributed by atoms with Crippen molar-refractivity contribution in [2.45, 2.75) is 40.5 Å². The first kappa shape index (κ1) is 16.6. The van der Waals surface area contributed by atoms with Crippen molar-refractivity contribution in [3.63, 3.8) is 0 Å². The molecule has 0 saturated carbocycles. The Kier molecular flexibility index (Phi) is 14.6. The first-order chi connectivity index (χ1) is 7.16. The average Bonchev–Trinajstić information content (AvgIpc) is 2.78. The van der Waals surface area contributed by atoms with Gasteiger partial charge in [0.1, 0.15) is 0 Å². The summed E-state index contributed by atoms with van der Waals surface area (Å²) >= 11 is 0. The molecule has 0 bridgehead atoms. The minimum atomic E-state index is 0.880. The molecule has 1 heterocycles. The van der Waals surface area contributed by atoms with Crippen LogP contribution in [-0.4, -0.2) is 17.2 Å². The molecule has 0 aliphatic carbocycles. The summed E-state index contributed by atoms with van der Waals surface area (Å²) in [4.78, 5) is 0. The predicted octanol–water partition coefficient (Wildman–Crippen LogP) is 3.06. The fraction of sp³-hybridized carbons (Fsp3) is 0.750. The van der Waals surface area contributed by atoms with Crippen molar-refractivity contribution >= 4 is 0 Å². The van der Waals surface area contributed by atoms with Gasteiger partial charge in [-0.2, -0.15) is 5.10 Å². The van der Waals surface area contributed by atoms with Crippen molar-refractivity contribution in [3.8, 4) is 0 Å². The number of aromatic amines is 1. The van der Waals surface area contributed by atoms with Crippen molar-refractivity contribution in [2.75, 3.05) is 7.05 Å². The molecular weight excluding hydrogens is 186 g/mol. The third-order valence-electron chi connectivity index (χ3n) is 1.98. The number of hydrogen-bond acceptors (Lipinski definition) is 2. The maximum Gasteiger partial charge on any atom is 0.0487 e. The predicted molar refractivity (Wildman–Crippen MR) is 67.6 cm³/mol. The van der Waals surface area contributed by atoms with Crippen molar-refractivity contribution in [2.24, 2.45) is 17.6 Å². The van der Waals surface area contributed by atoms with Crippen molar-refractivity contribution in [3.05, 3.63) is 18.5 Å². The van der Waals surface area contributed by atoms with Crippen molar-refractivity contribution < 1.29 is 0 Å². The molecule has 3 nitrogen and oxygen atoms in total. The van der Waals surface area contributed by atoms with Crippen LogP contribution in [0, 0.1) is 11.8 Å². The van der Waals surface area contributed by atoms with E-state index in [-0.39, 0.29) is 0 Å². The van der Waals surface area contributed by atoms with Gasteiger partial charge in [0, 0.05) is 12.4 Å². The third kappa shape index (κ3) is 15.9. The SMILES string of the molecule is CCC(C)CC(C)C.CN.c1cn[nH]c1. The van der Waals surface area contributed by atoms with Gasteiger partial charge >= 0.3 is 0 Å². The van der Waals surface area contributed by atoms with Crippen LogP contribution in [0.1, 0.15) is 40.5 Å². The average molecular weight is 213 g/mol. The number of nitrogens with two attached hydrogens (primary N) is 1. The molecule has 1 aromatic heterocycles. The summed E-state index contributed by atoms with van der Waals surface area (Å²) in [6, 6.07) is 1.83. The zero-order chi connectivity index (χ0) is 12.1. The Morgan fingerprint density at radius 3 is 2.00 bits per heavy atom. The normalized spacial score (nSPS) is 10.9. The molecule has 0 amide bonds. The van der Waals surface area contributed by atoms with Gasteiger partial charge in [-0.05, 0) is 31.4 Å². The molecule has 0 radical (unpaired) electrons. The van der Waals surface area contributed by atoms with E-state index in [1.807, 2.05) is 6.07 Å². The summed E-state index contributed by atoms with van der Waals surface area (Å²) in [5.74, 6) is 1.81. The minimum absolute atomic E-state index is 0.880. The van der Waals surface area contributed by atoms with Crippen LogP contribution in [-0.2, 0) is 0 Å². The van der Waals surface area contributed by atoms with Crippen LogP contribution >= 0.6 is 0 Å². The van der Waals surface area contributed by atoms with Crippen LogP contribution < -0.4 is 5.73 Å². The maximum atomic E-state index is 4.50. The van der Waals surface area contributed by atoms with E-state index in [0.717, 1.165) is 11.8 Å². The van der Waals surface area contributed by atoms with E-state index in [1.165, 1.54) is 19.9 Å². The lowest BCUT2D eigenvalue weighted by Crippen LogP contribution is -1.97. The van der Waals surface area contributed by atoms with Crippen molar-refractivity contribution in [1.29, 1.82) is 0 Å². The Morgan fingerprint density at radius 1 is 1.27 bits per heavy atom. The molecular formula is C12H27N3. The Morgan fingerprint density at radius 2 is 1.87 bits per heavy atom. The number of aromatic nitrogens is 2. The molecule has 15 heavy (non-hydrogen) atoms. The second kappa shape index (κ2) is 13.2. The summed E-state index contributed by atoms with van der Waals surface area (Å²) in [7, 11) is 1.50. The zero-order valence-corrected chi connectivity index (χ0v) is 10.8. The molecule has 1 atom stereocenters. The molecule has 3 heteroatoms. The van der Waals surface area contributed by atoms with Crippen LogP contribution in [0.3, 0.4) is 0 Å².